The molecule has 2 rings (SSSR count). The van der Waals surface area contributed by atoms with E-state index in [0.29, 0.717) is 11.8 Å². The Morgan fingerprint density at radius 2 is 2.06 bits per heavy atom. The van der Waals surface area contributed by atoms with E-state index in [1.807, 2.05) is 6.07 Å². The van der Waals surface area contributed by atoms with E-state index in [1.165, 1.54) is 31.2 Å². The number of rotatable bonds is 4. The lowest BCUT2D eigenvalue weighted by atomic mass is 9.85. The third-order valence-corrected chi connectivity index (χ3v) is 4.01. The first-order chi connectivity index (χ1) is 8.26. The maximum Gasteiger partial charge on any atom is 0.121 e. The molecule has 0 aromatic heterocycles. The molecule has 0 heterocycles. The number of methoxy groups -OCH3 is 1. The van der Waals surface area contributed by atoms with Crippen molar-refractivity contribution in [2.24, 2.45) is 5.92 Å². The van der Waals surface area contributed by atoms with Gasteiger partial charge in [-0.25, -0.2) is 0 Å². The standard InChI is InChI=1S/C15H22O2/c1-11-9-13(7-8-15(11)17-2)14(10-16)12-5-3-4-6-12/h7-9,12,14,16H,3-6,10H2,1-2H3. The van der Waals surface area contributed by atoms with Gasteiger partial charge in [-0.2, -0.15) is 0 Å². The molecule has 1 aromatic rings. The first-order valence-corrected chi connectivity index (χ1v) is 6.51. The van der Waals surface area contributed by atoms with Crippen LogP contribution in [0.5, 0.6) is 5.75 Å². The molecular formula is C15H22O2. The van der Waals surface area contributed by atoms with Crippen LogP contribution in [0.3, 0.4) is 0 Å². The lowest BCUT2D eigenvalue weighted by molar-refractivity contribution is 0.226. The Morgan fingerprint density at radius 3 is 2.59 bits per heavy atom. The highest BCUT2D eigenvalue weighted by Gasteiger charge is 2.25. The lowest BCUT2D eigenvalue weighted by Gasteiger charge is -2.22. The first kappa shape index (κ1) is 12.4. The minimum Gasteiger partial charge on any atom is -0.496 e. The zero-order valence-corrected chi connectivity index (χ0v) is 10.8. The normalized spacial score (nSPS) is 18.3. The fraction of sp³-hybridized carbons (Fsp3) is 0.600. The molecule has 0 saturated heterocycles. The minimum absolute atomic E-state index is 0.260. The second kappa shape index (κ2) is 5.54. The summed E-state index contributed by atoms with van der Waals surface area (Å²) in [6, 6.07) is 6.28. The van der Waals surface area contributed by atoms with Crippen LogP contribution in [0.4, 0.5) is 0 Å². The largest absolute Gasteiger partial charge is 0.496 e. The van der Waals surface area contributed by atoms with Gasteiger partial charge in [-0.1, -0.05) is 25.0 Å². The number of aliphatic hydroxyl groups is 1. The third-order valence-electron chi connectivity index (χ3n) is 4.01. The van der Waals surface area contributed by atoms with Gasteiger partial charge in [0.05, 0.1) is 13.7 Å². The quantitative estimate of drug-likeness (QED) is 0.866. The number of hydrogen-bond acceptors (Lipinski definition) is 2. The molecule has 1 aromatic carbocycles. The number of aryl methyl sites for hydroxylation is 1. The fourth-order valence-electron chi connectivity index (χ4n) is 3.02. The Labute approximate surface area is 104 Å². The van der Waals surface area contributed by atoms with Crippen LogP contribution in [0.25, 0.3) is 0 Å². The van der Waals surface area contributed by atoms with Gasteiger partial charge in [0.2, 0.25) is 0 Å². The van der Waals surface area contributed by atoms with Crippen LogP contribution in [0.2, 0.25) is 0 Å². The van der Waals surface area contributed by atoms with Gasteiger partial charge in [-0.3, -0.25) is 0 Å². The summed E-state index contributed by atoms with van der Waals surface area (Å²) in [7, 11) is 1.70. The summed E-state index contributed by atoms with van der Waals surface area (Å²) in [6.07, 6.45) is 5.15. The van der Waals surface area contributed by atoms with Crippen molar-refractivity contribution in [3.05, 3.63) is 29.3 Å². The van der Waals surface area contributed by atoms with Gasteiger partial charge in [0.15, 0.2) is 0 Å². The number of ether oxygens (including phenoxy) is 1. The summed E-state index contributed by atoms with van der Waals surface area (Å²) in [5.41, 5.74) is 2.42. The van der Waals surface area contributed by atoms with Crippen molar-refractivity contribution in [1.29, 1.82) is 0 Å². The van der Waals surface area contributed by atoms with Crippen molar-refractivity contribution < 1.29 is 9.84 Å². The molecule has 1 atom stereocenters. The fourth-order valence-corrected chi connectivity index (χ4v) is 3.02. The van der Waals surface area contributed by atoms with Crippen LogP contribution in [0.15, 0.2) is 18.2 Å². The van der Waals surface area contributed by atoms with E-state index >= 15 is 0 Å². The summed E-state index contributed by atoms with van der Waals surface area (Å²) < 4.78 is 5.28. The molecule has 2 heteroatoms. The second-order valence-corrected chi connectivity index (χ2v) is 5.06. The van der Waals surface area contributed by atoms with E-state index < -0.39 is 0 Å². The first-order valence-electron chi connectivity index (χ1n) is 6.51. The van der Waals surface area contributed by atoms with Crippen LogP contribution in [-0.2, 0) is 0 Å². The van der Waals surface area contributed by atoms with E-state index in [2.05, 4.69) is 19.1 Å². The Hall–Kier alpha value is -1.02. The third kappa shape index (κ3) is 2.63. The number of aliphatic hydroxyl groups excluding tert-OH is 1. The molecule has 0 radical (unpaired) electrons. The van der Waals surface area contributed by atoms with E-state index in [-0.39, 0.29) is 6.61 Å². The lowest BCUT2D eigenvalue weighted by Crippen LogP contribution is -2.14. The Kier molecular flexibility index (Phi) is 4.06. The molecule has 2 nitrogen and oxygen atoms in total. The molecular weight excluding hydrogens is 212 g/mol. The van der Waals surface area contributed by atoms with Gasteiger partial charge >= 0.3 is 0 Å². The number of benzene rings is 1. The Bertz CT molecular complexity index is 367. The summed E-state index contributed by atoms with van der Waals surface area (Å²) in [5, 5.41) is 9.63. The van der Waals surface area contributed by atoms with Gasteiger partial charge in [0.25, 0.3) is 0 Å². The zero-order valence-electron chi connectivity index (χ0n) is 10.8. The summed E-state index contributed by atoms with van der Waals surface area (Å²) in [4.78, 5) is 0. The van der Waals surface area contributed by atoms with Crippen LogP contribution in [-0.4, -0.2) is 18.8 Å². The molecule has 1 unspecified atom stereocenters. The molecule has 1 fully saturated rings. The van der Waals surface area contributed by atoms with Crippen LogP contribution >= 0.6 is 0 Å². The molecule has 1 aliphatic carbocycles. The van der Waals surface area contributed by atoms with Gasteiger partial charge < -0.3 is 9.84 Å². The topological polar surface area (TPSA) is 29.5 Å². The summed E-state index contributed by atoms with van der Waals surface area (Å²) in [5.74, 6) is 1.90. The average molecular weight is 234 g/mol. The van der Waals surface area contributed by atoms with Crippen molar-refractivity contribution in [3.63, 3.8) is 0 Å². The molecule has 1 aliphatic rings. The van der Waals surface area contributed by atoms with E-state index in [4.69, 9.17) is 4.74 Å². The van der Waals surface area contributed by atoms with Gasteiger partial charge in [0.1, 0.15) is 5.75 Å². The molecule has 0 aliphatic heterocycles. The Balaban J connectivity index is 2.21. The monoisotopic (exact) mass is 234 g/mol. The summed E-state index contributed by atoms with van der Waals surface area (Å²) >= 11 is 0. The van der Waals surface area contributed by atoms with Gasteiger partial charge in [0, 0.05) is 5.92 Å². The molecule has 0 amide bonds. The van der Waals surface area contributed by atoms with Crippen molar-refractivity contribution in [2.75, 3.05) is 13.7 Å². The van der Waals surface area contributed by atoms with Crippen LogP contribution in [0, 0.1) is 12.8 Å². The Morgan fingerprint density at radius 1 is 1.35 bits per heavy atom. The van der Waals surface area contributed by atoms with Crippen molar-refractivity contribution >= 4 is 0 Å². The molecule has 17 heavy (non-hydrogen) atoms. The van der Waals surface area contributed by atoms with E-state index in [9.17, 15) is 5.11 Å². The number of hydrogen-bond donors (Lipinski definition) is 1. The molecule has 1 N–H and O–H groups in total. The van der Waals surface area contributed by atoms with Crippen molar-refractivity contribution in [1.82, 2.24) is 0 Å². The minimum atomic E-state index is 0.260. The molecule has 1 saturated carbocycles. The predicted molar refractivity (Wildman–Crippen MR) is 69.5 cm³/mol. The molecule has 0 bridgehead atoms. The highest BCUT2D eigenvalue weighted by Crippen LogP contribution is 2.38. The van der Waals surface area contributed by atoms with E-state index in [0.717, 1.165) is 11.3 Å². The van der Waals surface area contributed by atoms with Crippen molar-refractivity contribution in [3.8, 4) is 5.75 Å². The highest BCUT2D eigenvalue weighted by molar-refractivity contribution is 5.37. The molecule has 0 spiro atoms. The summed E-state index contributed by atoms with van der Waals surface area (Å²) in [6.45, 7) is 2.32. The zero-order chi connectivity index (χ0) is 12.3. The predicted octanol–water partition coefficient (Wildman–Crippen LogP) is 3.27. The highest BCUT2D eigenvalue weighted by atomic mass is 16.5. The van der Waals surface area contributed by atoms with Crippen LogP contribution in [0.1, 0.15) is 42.7 Å². The molecule has 94 valence electrons. The van der Waals surface area contributed by atoms with Crippen LogP contribution < -0.4 is 4.74 Å². The SMILES string of the molecule is COc1ccc(C(CO)C2CCCC2)cc1C. The smallest absolute Gasteiger partial charge is 0.121 e. The maximum atomic E-state index is 9.63. The average Bonchev–Trinajstić information content (AvgIpc) is 2.84. The van der Waals surface area contributed by atoms with E-state index in [1.54, 1.807) is 7.11 Å². The van der Waals surface area contributed by atoms with Crippen molar-refractivity contribution in [2.45, 2.75) is 38.5 Å². The maximum absolute atomic E-state index is 9.63. The van der Waals surface area contributed by atoms with Gasteiger partial charge in [-0.15, -0.1) is 0 Å². The second-order valence-electron chi connectivity index (χ2n) is 5.06. The van der Waals surface area contributed by atoms with Gasteiger partial charge in [-0.05, 0) is 42.9 Å².